The molecule has 69 heavy (non-hydrogen) atoms. The summed E-state index contributed by atoms with van der Waals surface area (Å²) in [6, 6.07) is 86.7. The van der Waals surface area contributed by atoms with E-state index in [9.17, 15) is 0 Å². The number of benzene rings is 9. The van der Waals surface area contributed by atoms with Gasteiger partial charge < -0.3 is 18.9 Å². The highest BCUT2D eigenvalue weighted by Crippen LogP contribution is 2.56. The zero-order chi connectivity index (χ0) is 45.8. The number of hydrogen-bond donors (Lipinski definition) is 0. The molecule has 13 rings (SSSR count). The summed E-state index contributed by atoms with van der Waals surface area (Å²) in [4.78, 5) is 4.90. The SMILES string of the molecule is CC1C=CC=CC1N(c1ccccc1)c1ccc2c(c1)c1c(n2-c2ccccc2)-c2ccccc2-c2c(n(-c3ccccc3)c3ccc(N(c4ccccc4)c4ccccc4)cc23)-c2ccccc2-1. The first-order valence-corrected chi connectivity index (χ1v) is 24.0. The third kappa shape index (κ3) is 6.67. The van der Waals surface area contributed by atoms with Crippen molar-refractivity contribution in [2.45, 2.75) is 13.0 Å². The quantitative estimate of drug-likeness (QED) is 0.151. The molecule has 2 aromatic heterocycles. The number of anilines is 5. The third-order valence-corrected chi connectivity index (χ3v) is 14.1. The fourth-order valence-electron chi connectivity index (χ4n) is 11.1. The van der Waals surface area contributed by atoms with Crippen LogP contribution in [0, 0.1) is 5.92 Å². The average Bonchev–Trinajstić information content (AvgIpc) is 3.93. The van der Waals surface area contributed by atoms with E-state index in [2.05, 4.69) is 287 Å². The Morgan fingerprint density at radius 1 is 0.348 bits per heavy atom. The van der Waals surface area contributed by atoms with E-state index in [0.29, 0.717) is 5.92 Å². The summed E-state index contributed by atoms with van der Waals surface area (Å²) >= 11 is 0. The van der Waals surface area contributed by atoms with Crippen LogP contribution in [0.4, 0.5) is 28.4 Å². The van der Waals surface area contributed by atoms with Crippen LogP contribution >= 0.6 is 0 Å². The van der Waals surface area contributed by atoms with Crippen LogP contribution in [0.1, 0.15) is 6.92 Å². The van der Waals surface area contributed by atoms with Crippen molar-refractivity contribution in [3.05, 3.63) is 261 Å². The highest BCUT2D eigenvalue weighted by molar-refractivity contribution is 6.18. The van der Waals surface area contributed by atoms with Crippen molar-refractivity contribution in [2.75, 3.05) is 9.80 Å². The van der Waals surface area contributed by atoms with E-state index in [4.69, 9.17) is 0 Å². The van der Waals surface area contributed by atoms with Crippen molar-refractivity contribution < 1.29 is 0 Å². The number of allylic oxidation sites excluding steroid dienone is 2. The number of aromatic nitrogens is 2. The average molecular weight is 885 g/mol. The highest BCUT2D eigenvalue weighted by atomic mass is 15.2. The van der Waals surface area contributed by atoms with Crippen molar-refractivity contribution in [3.63, 3.8) is 0 Å². The third-order valence-electron chi connectivity index (χ3n) is 14.1. The second kappa shape index (κ2) is 16.8. The Labute approximate surface area is 403 Å². The zero-order valence-corrected chi connectivity index (χ0v) is 38.3. The van der Waals surface area contributed by atoms with E-state index in [-0.39, 0.29) is 6.04 Å². The van der Waals surface area contributed by atoms with Gasteiger partial charge in [0.05, 0.1) is 28.5 Å². The van der Waals surface area contributed by atoms with Crippen LogP contribution in [-0.4, -0.2) is 15.2 Å². The van der Waals surface area contributed by atoms with Gasteiger partial charge in [0.2, 0.25) is 0 Å². The Hall–Kier alpha value is -8.86. The molecule has 0 bridgehead atoms. The molecule has 0 amide bonds. The summed E-state index contributed by atoms with van der Waals surface area (Å²) in [6.45, 7) is 2.32. The summed E-state index contributed by atoms with van der Waals surface area (Å²) in [5.41, 5.74) is 19.7. The number of hydrogen-bond acceptors (Lipinski definition) is 2. The fourth-order valence-corrected chi connectivity index (χ4v) is 11.1. The van der Waals surface area contributed by atoms with Crippen LogP contribution in [0.3, 0.4) is 0 Å². The number of fused-ring (bicyclic) bond motifs is 12. The van der Waals surface area contributed by atoms with E-state index in [1.54, 1.807) is 0 Å². The Kier molecular flexibility index (Phi) is 9.83. The smallest absolute Gasteiger partial charge is 0.0625 e. The molecular weight excluding hydrogens is 837 g/mol. The number of para-hydroxylation sites is 5. The molecule has 2 unspecified atom stereocenters. The van der Waals surface area contributed by atoms with Gasteiger partial charge in [-0.3, -0.25) is 0 Å². The minimum absolute atomic E-state index is 0.134. The molecular formula is C65H48N4. The topological polar surface area (TPSA) is 16.3 Å². The van der Waals surface area contributed by atoms with E-state index in [1.807, 2.05) is 0 Å². The van der Waals surface area contributed by atoms with Crippen molar-refractivity contribution in [1.29, 1.82) is 0 Å². The van der Waals surface area contributed by atoms with Gasteiger partial charge in [0, 0.05) is 72.8 Å². The lowest BCUT2D eigenvalue weighted by molar-refractivity contribution is 0.609. The van der Waals surface area contributed by atoms with Crippen molar-refractivity contribution in [3.8, 4) is 56.1 Å². The lowest BCUT2D eigenvalue weighted by atomic mass is 9.84. The zero-order valence-electron chi connectivity index (χ0n) is 38.3. The van der Waals surface area contributed by atoms with Gasteiger partial charge in [0.25, 0.3) is 0 Å². The summed E-state index contributed by atoms with van der Waals surface area (Å²) in [5.74, 6) is 0.305. The van der Waals surface area contributed by atoms with Crippen LogP contribution < -0.4 is 9.80 Å². The summed E-state index contributed by atoms with van der Waals surface area (Å²) in [7, 11) is 0. The van der Waals surface area contributed by atoms with Gasteiger partial charge in [-0.2, -0.15) is 0 Å². The van der Waals surface area contributed by atoms with Crippen molar-refractivity contribution >= 4 is 50.2 Å². The first-order valence-electron chi connectivity index (χ1n) is 24.0. The van der Waals surface area contributed by atoms with Gasteiger partial charge in [-0.25, -0.2) is 0 Å². The van der Waals surface area contributed by atoms with Gasteiger partial charge in [-0.15, -0.1) is 0 Å². The molecule has 2 atom stereocenters. The Bertz CT molecular complexity index is 3690. The van der Waals surface area contributed by atoms with E-state index < -0.39 is 0 Å². The monoisotopic (exact) mass is 884 g/mol. The van der Waals surface area contributed by atoms with E-state index >= 15 is 0 Å². The Balaban J connectivity index is 1.16. The van der Waals surface area contributed by atoms with Crippen molar-refractivity contribution in [1.82, 2.24) is 9.13 Å². The van der Waals surface area contributed by atoms with Crippen LogP contribution in [0.15, 0.2) is 261 Å². The van der Waals surface area contributed by atoms with Crippen LogP contribution in [0.2, 0.25) is 0 Å². The summed E-state index contributed by atoms with van der Waals surface area (Å²) in [6.07, 6.45) is 9.04. The van der Waals surface area contributed by atoms with Gasteiger partial charge in [-0.1, -0.05) is 171 Å². The van der Waals surface area contributed by atoms with Gasteiger partial charge in [0.1, 0.15) is 0 Å². The molecule has 0 N–H and O–H groups in total. The normalized spacial score (nSPS) is 14.6. The molecule has 2 heterocycles. The molecule has 0 saturated heterocycles. The molecule has 0 radical (unpaired) electrons. The molecule has 0 fully saturated rings. The Morgan fingerprint density at radius 2 is 0.739 bits per heavy atom. The molecule has 2 aliphatic rings. The predicted octanol–water partition coefficient (Wildman–Crippen LogP) is 17.3. The number of nitrogens with zero attached hydrogens (tertiary/aromatic N) is 4. The molecule has 9 aromatic carbocycles. The highest BCUT2D eigenvalue weighted by Gasteiger charge is 2.33. The molecule has 0 aliphatic heterocycles. The van der Waals surface area contributed by atoms with Gasteiger partial charge in [-0.05, 0) is 114 Å². The molecule has 4 nitrogen and oxygen atoms in total. The minimum atomic E-state index is 0.134. The summed E-state index contributed by atoms with van der Waals surface area (Å²) in [5, 5.41) is 2.38. The number of rotatable bonds is 8. The largest absolute Gasteiger partial charge is 0.334 e. The lowest BCUT2D eigenvalue weighted by Crippen LogP contribution is -2.35. The summed E-state index contributed by atoms with van der Waals surface area (Å²) < 4.78 is 5.02. The van der Waals surface area contributed by atoms with Crippen molar-refractivity contribution in [2.24, 2.45) is 5.92 Å². The first-order chi connectivity index (χ1) is 34.2. The standard InChI is InChI=1S/C65H48N4/c1-45-23-17-22-38-59(45)67(48-28-11-4-12-29-48)52-40-42-61-58(44-52)63-54-35-19-21-37-56(54)64-62(53-34-18-20-36-55(53)65(63)69(61)50-32-15-6-16-33-50)57-43-51(39-41-60(57)68(64)49-30-13-5-14-31-49)66(46-24-7-2-8-25-46)47-26-9-3-10-27-47/h2-45,59H,1H3. The van der Waals surface area contributed by atoms with Crippen LogP contribution in [0.5, 0.6) is 0 Å². The van der Waals surface area contributed by atoms with Gasteiger partial charge in [0.15, 0.2) is 0 Å². The molecule has 328 valence electrons. The molecule has 0 saturated carbocycles. The molecule has 4 heteroatoms. The Morgan fingerprint density at radius 3 is 1.22 bits per heavy atom. The van der Waals surface area contributed by atoms with E-state index in [1.165, 1.54) is 61.2 Å². The maximum absolute atomic E-state index is 2.52. The predicted molar refractivity (Wildman–Crippen MR) is 290 cm³/mol. The first kappa shape index (κ1) is 40.4. The molecule has 11 aromatic rings. The fraction of sp³-hybridized carbons (Fsp3) is 0.0462. The maximum atomic E-state index is 2.52. The second-order valence-corrected chi connectivity index (χ2v) is 18.1. The second-order valence-electron chi connectivity index (χ2n) is 18.1. The molecule has 2 aliphatic carbocycles. The lowest BCUT2D eigenvalue weighted by Gasteiger charge is -2.36. The van der Waals surface area contributed by atoms with Gasteiger partial charge >= 0.3 is 0 Å². The molecule has 0 spiro atoms. The van der Waals surface area contributed by atoms with E-state index in [0.717, 1.165) is 45.2 Å². The minimum Gasteiger partial charge on any atom is -0.334 e. The van der Waals surface area contributed by atoms with Crippen LogP contribution in [0.25, 0.3) is 77.9 Å². The maximum Gasteiger partial charge on any atom is 0.0625 e. The van der Waals surface area contributed by atoms with Crippen LogP contribution in [-0.2, 0) is 0 Å².